The number of halogens is 1. The summed E-state index contributed by atoms with van der Waals surface area (Å²) in [4.78, 5) is 25.2. The fourth-order valence-electron chi connectivity index (χ4n) is 2.10. The number of hydrogen-bond donors (Lipinski definition) is 1. The number of likely N-dealkylation sites (N-methyl/N-ethyl adjacent to an activating group) is 1. The summed E-state index contributed by atoms with van der Waals surface area (Å²) in [5, 5.41) is 3.13. The van der Waals surface area contributed by atoms with Crippen molar-refractivity contribution in [3.05, 3.63) is 28.8 Å². The number of nitrogens with zero attached hydrogens (tertiary/aromatic N) is 1. The molecule has 25 heavy (non-hydrogen) atoms. The number of carbonyl (C=O) groups excluding carboxylic acids is 2. The van der Waals surface area contributed by atoms with Gasteiger partial charge in [-0.15, -0.1) is 0 Å². The normalized spacial score (nSPS) is 10.8. The molecule has 0 radical (unpaired) electrons. The van der Waals surface area contributed by atoms with Crippen LogP contribution >= 0.6 is 11.6 Å². The molecule has 0 saturated carbocycles. The summed E-state index contributed by atoms with van der Waals surface area (Å²) in [6.45, 7) is 6.05. The number of benzene rings is 1. The highest BCUT2D eigenvalue weighted by Gasteiger charge is 2.13. The molecule has 0 aliphatic carbocycles. The fraction of sp³-hybridized carbons (Fsp3) is 0.444. The van der Waals surface area contributed by atoms with Crippen LogP contribution in [0.4, 0.5) is 0 Å². The van der Waals surface area contributed by atoms with Crippen molar-refractivity contribution in [2.24, 2.45) is 0 Å². The minimum absolute atomic E-state index is 0.00504. The highest BCUT2D eigenvalue weighted by molar-refractivity contribution is 6.32. The molecular weight excluding hydrogens is 344 g/mol. The topological polar surface area (TPSA) is 67.9 Å². The fourth-order valence-corrected chi connectivity index (χ4v) is 2.40. The van der Waals surface area contributed by atoms with Gasteiger partial charge in [0.1, 0.15) is 0 Å². The van der Waals surface area contributed by atoms with E-state index in [2.05, 4.69) is 5.32 Å². The van der Waals surface area contributed by atoms with Crippen LogP contribution in [0.5, 0.6) is 11.5 Å². The predicted molar refractivity (Wildman–Crippen MR) is 99.1 cm³/mol. The average Bonchev–Trinajstić information content (AvgIpc) is 2.51. The van der Waals surface area contributed by atoms with E-state index in [0.717, 1.165) is 0 Å². The lowest BCUT2D eigenvalue weighted by atomic mass is 10.2. The van der Waals surface area contributed by atoms with Gasteiger partial charge in [0, 0.05) is 19.2 Å². The lowest BCUT2D eigenvalue weighted by Crippen LogP contribution is -2.40. The van der Waals surface area contributed by atoms with E-state index in [1.807, 2.05) is 20.8 Å². The SMILES string of the molecule is CCOc1cc(/C=C/C(=O)N(C)CC(=O)NC(C)C)cc(Cl)c1OC. The van der Waals surface area contributed by atoms with Crippen molar-refractivity contribution in [2.75, 3.05) is 27.3 Å². The van der Waals surface area contributed by atoms with Crippen LogP contribution in [0.2, 0.25) is 5.02 Å². The molecule has 0 aliphatic heterocycles. The number of methoxy groups -OCH3 is 1. The number of hydrogen-bond acceptors (Lipinski definition) is 4. The first-order chi connectivity index (χ1) is 11.8. The first kappa shape index (κ1) is 20.8. The molecule has 0 atom stereocenters. The van der Waals surface area contributed by atoms with Crippen molar-refractivity contribution in [1.29, 1.82) is 0 Å². The summed E-state index contributed by atoms with van der Waals surface area (Å²) in [7, 11) is 3.08. The highest BCUT2D eigenvalue weighted by Crippen LogP contribution is 2.36. The summed E-state index contributed by atoms with van der Waals surface area (Å²) in [6.07, 6.45) is 3.00. The summed E-state index contributed by atoms with van der Waals surface area (Å²) >= 11 is 6.18. The molecule has 1 rings (SSSR count). The minimum Gasteiger partial charge on any atom is -0.491 e. The zero-order chi connectivity index (χ0) is 19.0. The van der Waals surface area contributed by atoms with Crippen LogP contribution < -0.4 is 14.8 Å². The van der Waals surface area contributed by atoms with Crippen molar-refractivity contribution in [2.45, 2.75) is 26.8 Å². The van der Waals surface area contributed by atoms with Crippen molar-refractivity contribution >= 4 is 29.5 Å². The van der Waals surface area contributed by atoms with Gasteiger partial charge in [-0.3, -0.25) is 9.59 Å². The Bertz CT molecular complexity index is 644. The third kappa shape index (κ3) is 6.66. The van der Waals surface area contributed by atoms with Crippen LogP contribution in [-0.4, -0.2) is 50.1 Å². The van der Waals surface area contributed by atoms with Crippen LogP contribution in [0.25, 0.3) is 6.08 Å². The number of amides is 2. The van der Waals surface area contributed by atoms with Gasteiger partial charge in [-0.25, -0.2) is 0 Å². The standard InChI is InChI=1S/C18H25ClN2O4/c1-6-25-15-10-13(9-14(19)18(15)24-5)7-8-17(23)21(4)11-16(22)20-12(2)3/h7-10,12H,6,11H2,1-5H3,(H,20,22)/b8-7+. The van der Waals surface area contributed by atoms with Gasteiger partial charge in [0.15, 0.2) is 11.5 Å². The summed E-state index contributed by atoms with van der Waals surface area (Å²) in [5.74, 6) is 0.470. The second-order valence-corrected chi connectivity index (χ2v) is 6.12. The number of nitrogens with one attached hydrogen (secondary N) is 1. The van der Waals surface area contributed by atoms with Crippen LogP contribution in [0.15, 0.2) is 18.2 Å². The van der Waals surface area contributed by atoms with E-state index in [4.69, 9.17) is 21.1 Å². The second-order valence-electron chi connectivity index (χ2n) is 5.72. The molecule has 0 fully saturated rings. The van der Waals surface area contributed by atoms with Gasteiger partial charge < -0.3 is 19.7 Å². The monoisotopic (exact) mass is 368 g/mol. The highest BCUT2D eigenvalue weighted by atomic mass is 35.5. The molecule has 0 heterocycles. The van der Waals surface area contributed by atoms with E-state index in [1.165, 1.54) is 18.1 Å². The van der Waals surface area contributed by atoms with Crippen molar-refractivity contribution in [3.8, 4) is 11.5 Å². The Labute approximate surface area is 153 Å². The molecule has 1 N–H and O–H groups in total. The van der Waals surface area contributed by atoms with Gasteiger partial charge in [-0.1, -0.05) is 11.6 Å². The Kier molecular flexibility index (Phi) is 8.28. The zero-order valence-electron chi connectivity index (χ0n) is 15.3. The van der Waals surface area contributed by atoms with E-state index in [1.54, 1.807) is 25.3 Å². The molecule has 2 amide bonds. The molecule has 1 aromatic rings. The summed E-state index contributed by atoms with van der Waals surface area (Å²) in [6, 6.07) is 3.45. The maximum absolute atomic E-state index is 12.1. The Morgan fingerprint density at radius 2 is 2.04 bits per heavy atom. The molecule has 1 aromatic carbocycles. The number of ether oxygens (including phenoxy) is 2. The summed E-state index contributed by atoms with van der Waals surface area (Å²) < 4.78 is 10.7. The first-order valence-electron chi connectivity index (χ1n) is 8.01. The Balaban J connectivity index is 2.83. The molecule has 0 spiro atoms. The van der Waals surface area contributed by atoms with Gasteiger partial charge in [-0.2, -0.15) is 0 Å². The van der Waals surface area contributed by atoms with Gasteiger partial charge >= 0.3 is 0 Å². The van der Waals surface area contributed by atoms with E-state index >= 15 is 0 Å². The molecule has 138 valence electrons. The smallest absolute Gasteiger partial charge is 0.246 e. The summed E-state index contributed by atoms with van der Waals surface area (Å²) in [5.41, 5.74) is 0.697. The molecular formula is C18H25ClN2O4. The van der Waals surface area contributed by atoms with E-state index in [9.17, 15) is 9.59 Å². The van der Waals surface area contributed by atoms with Crippen LogP contribution in [0.3, 0.4) is 0 Å². The molecule has 6 nitrogen and oxygen atoms in total. The zero-order valence-corrected chi connectivity index (χ0v) is 16.0. The number of carbonyl (C=O) groups is 2. The molecule has 7 heteroatoms. The Morgan fingerprint density at radius 3 is 2.60 bits per heavy atom. The van der Waals surface area contributed by atoms with Gasteiger partial charge in [0.25, 0.3) is 0 Å². The predicted octanol–water partition coefficient (Wildman–Crippen LogP) is 2.74. The lowest BCUT2D eigenvalue weighted by molar-refractivity contribution is -0.131. The van der Waals surface area contributed by atoms with Crippen LogP contribution in [0, 0.1) is 0 Å². The molecule has 0 aliphatic rings. The average molecular weight is 369 g/mol. The maximum atomic E-state index is 12.1. The van der Waals surface area contributed by atoms with Crippen LogP contribution in [-0.2, 0) is 9.59 Å². The largest absolute Gasteiger partial charge is 0.491 e. The lowest BCUT2D eigenvalue weighted by Gasteiger charge is -2.16. The third-order valence-electron chi connectivity index (χ3n) is 3.16. The Hall–Kier alpha value is -2.21. The van der Waals surface area contributed by atoms with Crippen molar-refractivity contribution < 1.29 is 19.1 Å². The van der Waals surface area contributed by atoms with E-state index < -0.39 is 0 Å². The number of rotatable bonds is 8. The van der Waals surface area contributed by atoms with Crippen molar-refractivity contribution in [3.63, 3.8) is 0 Å². The quantitative estimate of drug-likeness (QED) is 0.716. The molecule has 0 aromatic heterocycles. The van der Waals surface area contributed by atoms with E-state index in [-0.39, 0.29) is 24.4 Å². The first-order valence-corrected chi connectivity index (χ1v) is 8.39. The Morgan fingerprint density at radius 1 is 1.36 bits per heavy atom. The van der Waals surface area contributed by atoms with E-state index in [0.29, 0.717) is 28.7 Å². The molecule has 0 bridgehead atoms. The molecule has 0 unspecified atom stereocenters. The van der Waals surface area contributed by atoms with Crippen LogP contribution in [0.1, 0.15) is 26.3 Å². The second kappa shape index (κ2) is 9.93. The van der Waals surface area contributed by atoms with Gasteiger partial charge in [0.2, 0.25) is 11.8 Å². The molecule has 0 saturated heterocycles. The minimum atomic E-state index is -0.288. The third-order valence-corrected chi connectivity index (χ3v) is 3.44. The maximum Gasteiger partial charge on any atom is 0.246 e. The van der Waals surface area contributed by atoms with Gasteiger partial charge in [0.05, 0.1) is 25.3 Å². The van der Waals surface area contributed by atoms with Crippen molar-refractivity contribution in [1.82, 2.24) is 10.2 Å². The van der Waals surface area contributed by atoms with Gasteiger partial charge in [-0.05, 0) is 44.5 Å².